The van der Waals surface area contributed by atoms with Gasteiger partial charge >= 0.3 is 0 Å². The lowest BCUT2D eigenvalue weighted by Gasteiger charge is -2.29. The minimum Gasteiger partial charge on any atom is -0.375 e. The van der Waals surface area contributed by atoms with Crippen molar-refractivity contribution in [1.29, 1.82) is 0 Å². The number of nitrogens with zero attached hydrogens (tertiary/aromatic N) is 1. The van der Waals surface area contributed by atoms with E-state index in [9.17, 15) is 0 Å². The average molecular weight is 248 g/mol. The molecule has 0 unspecified atom stereocenters. The van der Waals surface area contributed by atoms with Gasteiger partial charge < -0.3 is 5.73 Å². The van der Waals surface area contributed by atoms with Crippen molar-refractivity contribution in [3.63, 3.8) is 0 Å². The number of hydrogen-bond acceptors (Lipinski definition) is 4. The van der Waals surface area contributed by atoms with E-state index < -0.39 is 0 Å². The molecule has 0 spiro atoms. The average Bonchev–Trinajstić information content (AvgIpc) is 2.61. The van der Waals surface area contributed by atoms with Crippen LogP contribution >= 0.6 is 23.1 Å². The van der Waals surface area contributed by atoms with E-state index in [1.807, 2.05) is 11.8 Å². The van der Waals surface area contributed by atoms with Crippen molar-refractivity contribution in [1.82, 2.24) is 4.98 Å². The molecule has 3 rings (SSSR count). The lowest BCUT2D eigenvalue weighted by molar-refractivity contribution is 0.795. The Morgan fingerprint density at radius 3 is 2.81 bits per heavy atom. The number of anilines is 1. The largest absolute Gasteiger partial charge is 0.375 e. The number of thioether (sulfide) groups is 1. The SMILES string of the molecule is CC1(C)Sc2ccccc2-c2nc(N)sc21. The van der Waals surface area contributed by atoms with Crippen molar-refractivity contribution in [2.45, 2.75) is 23.5 Å². The molecule has 16 heavy (non-hydrogen) atoms. The molecule has 0 atom stereocenters. The summed E-state index contributed by atoms with van der Waals surface area (Å²) < 4.78 is 0.0684. The molecule has 1 aliphatic rings. The van der Waals surface area contributed by atoms with Gasteiger partial charge in [-0.15, -0.1) is 23.1 Å². The minimum atomic E-state index is 0.0684. The van der Waals surface area contributed by atoms with Crippen molar-refractivity contribution >= 4 is 28.2 Å². The summed E-state index contributed by atoms with van der Waals surface area (Å²) in [4.78, 5) is 7.05. The molecule has 4 heteroatoms. The quantitative estimate of drug-likeness (QED) is 0.772. The normalized spacial score (nSPS) is 16.6. The van der Waals surface area contributed by atoms with Crippen molar-refractivity contribution < 1.29 is 0 Å². The summed E-state index contributed by atoms with van der Waals surface area (Å²) in [6, 6.07) is 8.40. The van der Waals surface area contributed by atoms with Gasteiger partial charge in [-0.3, -0.25) is 0 Å². The highest BCUT2D eigenvalue weighted by molar-refractivity contribution is 8.00. The molecule has 2 heterocycles. The molecule has 0 radical (unpaired) electrons. The highest BCUT2D eigenvalue weighted by Gasteiger charge is 2.34. The summed E-state index contributed by atoms with van der Waals surface area (Å²) in [6.45, 7) is 4.45. The lowest BCUT2D eigenvalue weighted by atomic mass is 10.0. The molecule has 2 aromatic rings. The Labute approximate surface area is 103 Å². The number of rotatable bonds is 0. The van der Waals surface area contributed by atoms with E-state index in [1.54, 1.807) is 11.3 Å². The fourth-order valence-electron chi connectivity index (χ4n) is 2.00. The van der Waals surface area contributed by atoms with Gasteiger partial charge in [0.1, 0.15) is 0 Å². The standard InChI is InChI=1S/C12H12N2S2/c1-12(2)10-9(14-11(13)15-10)7-5-3-4-6-8(7)16-12/h3-6H,1-2H3,(H2,13,14). The van der Waals surface area contributed by atoms with Crippen LogP contribution in [0.25, 0.3) is 11.3 Å². The predicted octanol–water partition coefficient (Wildman–Crippen LogP) is 3.73. The van der Waals surface area contributed by atoms with Crippen LogP contribution < -0.4 is 5.73 Å². The highest BCUT2D eigenvalue weighted by atomic mass is 32.2. The maximum Gasteiger partial charge on any atom is 0.180 e. The molecule has 0 bridgehead atoms. The van der Waals surface area contributed by atoms with Crippen molar-refractivity contribution in [3.05, 3.63) is 29.1 Å². The fourth-order valence-corrected chi connectivity index (χ4v) is 4.25. The van der Waals surface area contributed by atoms with E-state index in [-0.39, 0.29) is 4.75 Å². The summed E-state index contributed by atoms with van der Waals surface area (Å²) in [5, 5.41) is 0.662. The number of benzene rings is 1. The van der Waals surface area contributed by atoms with Gasteiger partial charge in [0.2, 0.25) is 0 Å². The van der Waals surface area contributed by atoms with E-state index in [1.165, 1.54) is 15.3 Å². The van der Waals surface area contributed by atoms with Gasteiger partial charge in [0.05, 0.1) is 15.3 Å². The van der Waals surface area contributed by atoms with Gasteiger partial charge in [-0.05, 0) is 19.9 Å². The van der Waals surface area contributed by atoms with Crippen LogP contribution in [0.3, 0.4) is 0 Å². The van der Waals surface area contributed by atoms with E-state index in [0.717, 1.165) is 5.69 Å². The summed E-state index contributed by atoms with van der Waals surface area (Å²) in [5.74, 6) is 0. The topological polar surface area (TPSA) is 38.9 Å². The molecule has 0 aliphatic carbocycles. The fraction of sp³-hybridized carbons (Fsp3) is 0.250. The zero-order chi connectivity index (χ0) is 11.3. The van der Waals surface area contributed by atoms with Crippen LogP contribution in [-0.2, 0) is 4.75 Å². The summed E-state index contributed by atoms with van der Waals surface area (Å²) >= 11 is 3.49. The minimum absolute atomic E-state index is 0.0684. The predicted molar refractivity (Wildman–Crippen MR) is 70.8 cm³/mol. The summed E-state index contributed by atoms with van der Waals surface area (Å²) in [6.07, 6.45) is 0. The van der Waals surface area contributed by atoms with Gasteiger partial charge in [-0.2, -0.15) is 0 Å². The van der Waals surface area contributed by atoms with Crippen molar-refractivity contribution in [2.75, 3.05) is 5.73 Å². The highest BCUT2D eigenvalue weighted by Crippen LogP contribution is 2.54. The number of thiazole rings is 1. The molecule has 0 saturated carbocycles. The zero-order valence-corrected chi connectivity index (χ0v) is 10.8. The molecule has 2 nitrogen and oxygen atoms in total. The van der Waals surface area contributed by atoms with E-state index in [0.29, 0.717) is 5.13 Å². The number of aromatic nitrogens is 1. The van der Waals surface area contributed by atoms with Gasteiger partial charge in [0, 0.05) is 10.5 Å². The van der Waals surface area contributed by atoms with Gasteiger partial charge in [0.15, 0.2) is 5.13 Å². The van der Waals surface area contributed by atoms with Crippen LogP contribution in [0, 0.1) is 0 Å². The first kappa shape index (κ1) is 10.2. The van der Waals surface area contributed by atoms with Gasteiger partial charge in [-0.1, -0.05) is 18.2 Å². The van der Waals surface area contributed by atoms with Crippen LogP contribution in [0.4, 0.5) is 5.13 Å². The smallest absolute Gasteiger partial charge is 0.180 e. The second-order valence-electron chi connectivity index (χ2n) is 4.34. The lowest BCUT2D eigenvalue weighted by Crippen LogP contribution is -2.15. The van der Waals surface area contributed by atoms with E-state index in [4.69, 9.17) is 5.73 Å². The first-order valence-corrected chi connectivity index (χ1v) is 6.76. The van der Waals surface area contributed by atoms with Crippen LogP contribution in [0.2, 0.25) is 0 Å². The van der Waals surface area contributed by atoms with Gasteiger partial charge in [0.25, 0.3) is 0 Å². The maximum atomic E-state index is 5.83. The Kier molecular flexibility index (Phi) is 2.06. The van der Waals surface area contributed by atoms with E-state index in [2.05, 4.69) is 43.1 Å². The molecule has 1 aromatic carbocycles. The molecule has 82 valence electrons. The van der Waals surface area contributed by atoms with Crippen LogP contribution in [-0.4, -0.2) is 4.98 Å². The second kappa shape index (κ2) is 3.25. The molecule has 1 aliphatic heterocycles. The molecular weight excluding hydrogens is 236 g/mol. The first-order valence-electron chi connectivity index (χ1n) is 5.13. The Morgan fingerprint density at radius 1 is 1.25 bits per heavy atom. The van der Waals surface area contributed by atoms with Crippen LogP contribution in [0.15, 0.2) is 29.2 Å². The number of fused-ring (bicyclic) bond motifs is 3. The maximum absolute atomic E-state index is 5.83. The monoisotopic (exact) mass is 248 g/mol. The Bertz CT molecular complexity index is 558. The van der Waals surface area contributed by atoms with Gasteiger partial charge in [-0.25, -0.2) is 4.98 Å². The summed E-state index contributed by atoms with van der Waals surface area (Å²) in [5.41, 5.74) is 8.12. The number of hydrogen-bond donors (Lipinski definition) is 1. The summed E-state index contributed by atoms with van der Waals surface area (Å²) in [7, 11) is 0. The Balaban J connectivity index is 2.33. The van der Waals surface area contributed by atoms with E-state index >= 15 is 0 Å². The third-order valence-electron chi connectivity index (χ3n) is 2.70. The number of nitrogens with two attached hydrogens (primary N) is 1. The molecule has 0 amide bonds. The Hall–Kier alpha value is -1.00. The third kappa shape index (κ3) is 1.37. The molecule has 0 fully saturated rings. The van der Waals surface area contributed by atoms with Crippen molar-refractivity contribution in [2.24, 2.45) is 0 Å². The molecule has 2 N–H and O–H groups in total. The molecule has 0 saturated heterocycles. The molecular formula is C12H12N2S2. The van der Waals surface area contributed by atoms with Crippen molar-refractivity contribution in [3.8, 4) is 11.3 Å². The second-order valence-corrected chi connectivity index (χ2v) is 7.03. The number of nitrogen functional groups attached to an aromatic ring is 1. The molecule has 1 aromatic heterocycles. The Morgan fingerprint density at radius 2 is 2.00 bits per heavy atom. The third-order valence-corrected chi connectivity index (χ3v) is 5.33. The van der Waals surface area contributed by atoms with Crippen LogP contribution in [0.5, 0.6) is 0 Å². The first-order chi connectivity index (χ1) is 7.58. The van der Waals surface area contributed by atoms with Crippen LogP contribution in [0.1, 0.15) is 18.7 Å². The zero-order valence-electron chi connectivity index (χ0n) is 9.15.